The number of nitrogens with zero attached hydrogens (tertiary/aromatic N) is 3. The van der Waals surface area contributed by atoms with Crippen LogP contribution in [0.25, 0.3) is 0 Å². The molecule has 0 saturated carbocycles. The van der Waals surface area contributed by atoms with Crippen molar-refractivity contribution in [1.29, 1.82) is 0 Å². The fourth-order valence-electron chi connectivity index (χ4n) is 1.07. The van der Waals surface area contributed by atoms with E-state index in [-0.39, 0.29) is 0 Å². The van der Waals surface area contributed by atoms with Crippen molar-refractivity contribution in [2.75, 3.05) is 5.73 Å². The van der Waals surface area contributed by atoms with E-state index in [9.17, 15) is 0 Å². The Balaban J connectivity index is 0.000000771. The highest BCUT2D eigenvalue weighted by atomic mass is 35.5. The van der Waals surface area contributed by atoms with Crippen LogP contribution in [0.1, 0.15) is 19.5 Å². The molecule has 0 amide bonds. The molecule has 2 N–H and O–H groups in total. The first kappa shape index (κ1) is 14.7. The molecule has 2 aromatic heterocycles. The third-order valence-corrected chi connectivity index (χ3v) is 3.34. The second kappa shape index (κ2) is 7.18. The topological polar surface area (TPSA) is 64.7 Å². The Labute approximate surface area is 116 Å². The van der Waals surface area contributed by atoms with Crippen LogP contribution in [-0.2, 0) is 0 Å². The molecule has 18 heavy (non-hydrogen) atoms. The lowest BCUT2D eigenvalue weighted by Gasteiger charge is -2.04. The van der Waals surface area contributed by atoms with Gasteiger partial charge in [0.25, 0.3) is 0 Å². The normalized spacial score (nSPS) is 9.56. The summed E-state index contributed by atoms with van der Waals surface area (Å²) >= 11 is 7.43. The van der Waals surface area contributed by atoms with Crippen molar-refractivity contribution in [3.8, 4) is 0 Å². The van der Waals surface area contributed by atoms with Gasteiger partial charge in [0.2, 0.25) is 0 Å². The van der Waals surface area contributed by atoms with Gasteiger partial charge in [0, 0.05) is 17.3 Å². The van der Waals surface area contributed by atoms with Crippen molar-refractivity contribution in [2.45, 2.75) is 30.7 Å². The second-order valence-electron chi connectivity index (χ2n) is 3.11. The van der Waals surface area contributed by atoms with Crippen molar-refractivity contribution in [3.63, 3.8) is 0 Å². The zero-order chi connectivity index (χ0) is 13.5. The average molecular weight is 283 g/mol. The Bertz CT molecular complexity index is 502. The van der Waals surface area contributed by atoms with E-state index in [0.29, 0.717) is 10.8 Å². The predicted molar refractivity (Wildman–Crippen MR) is 75.9 cm³/mol. The first-order valence-electron chi connectivity index (χ1n) is 5.53. The lowest BCUT2D eigenvalue weighted by Crippen LogP contribution is -1.92. The van der Waals surface area contributed by atoms with Gasteiger partial charge in [-0.15, -0.1) is 0 Å². The van der Waals surface area contributed by atoms with Crippen LogP contribution in [0.3, 0.4) is 0 Å². The van der Waals surface area contributed by atoms with Crippen LogP contribution in [0.5, 0.6) is 0 Å². The summed E-state index contributed by atoms with van der Waals surface area (Å²) in [4.78, 5) is 13.1. The van der Waals surface area contributed by atoms with E-state index < -0.39 is 0 Å². The van der Waals surface area contributed by atoms with Gasteiger partial charge in [-0.05, 0) is 13.0 Å². The van der Waals surface area contributed by atoms with Crippen LogP contribution in [-0.4, -0.2) is 15.0 Å². The minimum Gasteiger partial charge on any atom is -0.382 e. The zero-order valence-electron chi connectivity index (χ0n) is 10.5. The summed E-state index contributed by atoms with van der Waals surface area (Å²) in [5.74, 6) is 0.326. The molecule has 0 aromatic carbocycles. The maximum absolute atomic E-state index is 6.02. The molecule has 2 aromatic rings. The molecule has 0 fully saturated rings. The van der Waals surface area contributed by atoms with Gasteiger partial charge in [-0.2, -0.15) is 0 Å². The highest BCUT2D eigenvalue weighted by Gasteiger charge is 2.07. The average Bonchev–Trinajstić information content (AvgIpc) is 2.40. The number of rotatable bonds is 2. The molecule has 2 rings (SSSR count). The zero-order valence-corrected chi connectivity index (χ0v) is 12.1. The largest absolute Gasteiger partial charge is 0.382 e. The molecular formula is C12H15ClN4S. The maximum atomic E-state index is 6.02. The SMILES string of the molecule is CC.Cc1cnc(Sc2ccnc(N)c2Cl)cn1. The molecule has 96 valence electrons. The molecule has 0 bridgehead atoms. The van der Waals surface area contributed by atoms with Crippen LogP contribution in [0.15, 0.2) is 34.6 Å². The van der Waals surface area contributed by atoms with E-state index in [4.69, 9.17) is 17.3 Å². The summed E-state index contributed by atoms with van der Waals surface area (Å²) in [6, 6.07) is 1.80. The molecular weight excluding hydrogens is 268 g/mol. The molecule has 0 unspecified atom stereocenters. The highest BCUT2D eigenvalue weighted by Crippen LogP contribution is 2.33. The number of hydrogen-bond acceptors (Lipinski definition) is 5. The molecule has 0 saturated heterocycles. The lowest BCUT2D eigenvalue weighted by molar-refractivity contribution is 1.01. The number of pyridine rings is 1. The summed E-state index contributed by atoms with van der Waals surface area (Å²) in [6.45, 7) is 5.89. The van der Waals surface area contributed by atoms with Crippen LogP contribution in [0, 0.1) is 6.92 Å². The van der Waals surface area contributed by atoms with Gasteiger partial charge in [0.1, 0.15) is 10.8 Å². The fourth-order valence-corrected chi connectivity index (χ4v) is 2.05. The predicted octanol–water partition coefficient (Wildman–Crippen LogP) is 3.59. The Kier molecular flexibility index (Phi) is 5.88. The van der Waals surface area contributed by atoms with Crippen molar-refractivity contribution < 1.29 is 0 Å². The van der Waals surface area contributed by atoms with Crippen LogP contribution in [0.2, 0.25) is 5.02 Å². The van der Waals surface area contributed by atoms with Crippen molar-refractivity contribution >= 4 is 29.2 Å². The molecule has 2 heterocycles. The van der Waals surface area contributed by atoms with E-state index >= 15 is 0 Å². The highest BCUT2D eigenvalue weighted by molar-refractivity contribution is 7.99. The third-order valence-electron chi connectivity index (χ3n) is 1.85. The minimum absolute atomic E-state index is 0.326. The summed E-state index contributed by atoms with van der Waals surface area (Å²) in [5, 5.41) is 1.23. The van der Waals surface area contributed by atoms with Gasteiger partial charge in [0.05, 0.1) is 16.9 Å². The van der Waals surface area contributed by atoms with E-state index in [1.54, 1.807) is 24.7 Å². The molecule has 6 heteroatoms. The number of hydrogen-bond donors (Lipinski definition) is 1. The molecule has 4 nitrogen and oxygen atoms in total. The van der Waals surface area contributed by atoms with Gasteiger partial charge in [0.15, 0.2) is 0 Å². The quantitative estimate of drug-likeness (QED) is 0.912. The number of aryl methyl sites for hydroxylation is 1. The van der Waals surface area contributed by atoms with Gasteiger partial charge in [-0.1, -0.05) is 37.2 Å². The maximum Gasteiger partial charge on any atom is 0.143 e. The van der Waals surface area contributed by atoms with Gasteiger partial charge in [-0.3, -0.25) is 4.98 Å². The first-order valence-corrected chi connectivity index (χ1v) is 6.73. The third kappa shape index (κ3) is 3.85. The Morgan fingerprint density at radius 2 is 1.89 bits per heavy atom. The lowest BCUT2D eigenvalue weighted by atomic mass is 10.5. The molecule has 0 aliphatic carbocycles. The van der Waals surface area contributed by atoms with Crippen molar-refractivity contribution in [2.24, 2.45) is 0 Å². The van der Waals surface area contributed by atoms with Gasteiger partial charge >= 0.3 is 0 Å². The van der Waals surface area contributed by atoms with Gasteiger partial charge < -0.3 is 5.73 Å². The fraction of sp³-hybridized carbons (Fsp3) is 0.250. The van der Waals surface area contributed by atoms with Crippen molar-refractivity contribution in [1.82, 2.24) is 15.0 Å². The van der Waals surface area contributed by atoms with E-state index in [1.807, 2.05) is 20.8 Å². The molecule has 0 aliphatic heterocycles. The van der Waals surface area contributed by atoms with E-state index in [0.717, 1.165) is 15.6 Å². The van der Waals surface area contributed by atoms with E-state index in [1.165, 1.54) is 11.8 Å². The summed E-state index contributed by atoms with van der Waals surface area (Å²) < 4.78 is 0. The van der Waals surface area contributed by atoms with Crippen LogP contribution in [0.4, 0.5) is 5.82 Å². The first-order chi connectivity index (χ1) is 8.66. The number of nitrogens with two attached hydrogens (primary N) is 1. The molecule has 0 radical (unpaired) electrons. The summed E-state index contributed by atoms with van der Waals surface area (Å²) in [7, 11) is 0. The van der Waals surface area contributed by atoms with E-state index in [2.05, 4.69) is 15.0 Å². The van der Waals surface area contributed by atoms with Gasteiger partial charge in [-0.25, -0.2) is 9.97 Å². The summed E-state index contributed by atoms with van der Waals surface area (Å²) in [5.41, 5.74) is 6.49. The van der Waals surface area contributed by atoms with Crippen LogP contribution >= 0.6 is 23.4 Å². The van der Waals surface area contributed by atoms with Crippen LogP contribution < -0.4 is 5.73 Å². The Hall–Kier alpha value is -1.33. The second-order valence-corrected chi connectivity index (χ2v) is 4.55. The number of anilines is 1. The van der Waals surface area contributed by atoms with Crippen molar-refractivity contribution in [3.05, 3.63) is 35.4 Å². The Morgan fingerprint density at radius 3 is 2.50 bits per heavy atom. The number of halogens is 1. The minimum atomic E-state index is 0.326. The number of aromatic nitrogens is 3. The summed E-state index contributed by atoms with van der Waals surface area (Å²) in [6.07, 6.45) is 5.03. The monoisotopic (exact) mass is 282 g/mol. The molecule has 0 spiro atoms. The molecule has 0 atom stereocenters. The molecule has 0 aliphatic rings. The number of nitrogen functional groups attached to an aromatic ring is 1. The Morgan fingerprint density at radius 1 is 1.17 bits per heavy atom. The smallest absolute Gasteiger partial charge is 0.143 e. The standard InChI is InChI=1S/C10H9ClN4S.C2H6/c1-6-4-15-8(5-14-6)16-7-2-3-13-10(12)9(7)11;1-2/h2-5H,1H3,(H2,12,13);1-2H3.